The van der Waals surface area contributed by atoms with E-state index in [4.69, 9.17) is 18.7 Å². The van der Waals surface area contributed by atoms with Crippen molar-refractivity contribution in [1.29, 1.82) is 0 Å². The standard InChI is InChI=1S/C20H27N3O5/c1-13-21-20(28-22-13)15-7-9-23(10-8-15)18(24)6-5-14-11-16(25-2)19(27-4)17(12-14)26-3/h11-12,15H,5-10H2,1-4H3. The van der Waals surface area contributed by atoms with Crippen LogP contribution in [0.5, 0.6) is 17.2 Å². The van der Waals surface area contributed by atoms with Gasteiger partial charge in [-0.1, -0.05) is 5.16 Å². The molecule has 2 heterocycles. The van der Waals surface area contributed by atoms with Gasteiger partial charge in [0.15, 0.2) is 17.3 Å². The van der Waals surface area contributed by atoms with Gasteiger partial charge in [0.1, 0.15) is 0 Å². The zero-order valence-electron chi connectivity index (χ0n) is 16.9. The van der Waals surface area contributed by atoms with E-state index in [1.165, 1.54) is 0 Å². The van der Waals surface area contributed by atoms with Crippen LogP contribution in [0.3, 0.4) is 0 Å². The number of piperidine rings is 1. The molecule has 2 aromatic rings. The van der Waals surface area contributed by atoms with Gasteiger partial charge in [-0.3, -0.25) is 4.79 Å². The van der Waals surface area contributed by atoms with E-state index in [0.717, 1.165) is 18.4 Å². The summed E-state index contributed by atoms with van der Waals surface area (Å²) in [6.07, 6.45) is 2.73. The molecule has 1 aliphatic heterocycles. The van der Waals surface area contributed by atoms with Gasteiger partial charge >= 0.3 is 0 Å². The van der Waals surface area contributed by atoms with Crippen molar-refractivity contribution in [2.75, 3.05) is 34.4 Å². The number of amides is 1. The topological polar surface area (TPSA) is 86.9 Å². The van der Waals surface area contributed by atoms with Crippen LogP contribution >= 0.6 is 0 Å². The first kappa shape index (κ1) is 20.0. The Hall–Kier alpha value is -2.77. The molecule has 0 saturated carbocycles. The number of methoxy groups -OCH3 is 3. The molecular weight excluding hydrogens is 362 g/mol. The van der Waals surface area contributed by atoms with Gasteiger partial charge in [0.05, 0.1) is 21.3 Å². The van der Waals surface area contributed by atoms with Gasteiger partial charge in [0.25, 0.3) is 0 Å². The van der Waals surface area contributed by atoms with Crippen molar-refractivity contribution in [1.82, 2.24) is 15.0 Å². The number of rotatable bonds is 7. The SMILES string of the molecule is COc1cc(CCC(=O)N2CCC(c3nc(C)no3)CC2)cc(OC)c1OC. The Labute approximate surface area is 164 Å². The monoisotopic (exact) mass is 389 g/mol. The molecule has 1 amide bonds. The number of nitrogens with zero attached hydrogens (tertiary/aromatic N) is 3. The van der Waals surface area contributed by atoms with Crippen molar-refractivity contribution in [3.8, 4) is 17.2 Å². The fourth-order valence-corrected chi connectivity index (χ4v) is 3.54. The van der Waals surface area contributed by atoms with Crippen LogP contribution in [0.25, 0.3) is 0 Å². The number of likely N-dealkylation sites (tertiary alicyclic amines) is 1. The van der Waals surface area contributed by atoms with Gasteiger partial charge in [-0.25, -0.2) is 0 Å². The number of benzene rings is 1. The predicted molar refractivity (Wildman–Crippen MR) is 102 cm³/mol. The molecule has 0 aliphatic carbocycles. The Morgan fingerprint density at radius 3 is 2.29 bits per heavy atom. The highest BCUT2D eigenvalue weighted by Crippen LogP contribution is 2.38. The van der Waals surface area contributed by atoms with Gasteiger partial charge < -0.3 is 23.6 Å². The molecule has 0 atom stereocenters. The third kappa shape index (κ3) is 4.37. The summed E-state index contributed by atoms with van der Waals surface area (Å²) in [5, 5.41) is 3.85. The second-order valence-corrected chi connectivity index (χ2v) is 6.87. The van der Waals surface area contributed by atoms with E-state index in [1.807, 2.05) is 24.0 Å². The van der Waals surface area contributed by atoms with E-state index in [0.29, 0.717) is 54.9 Å². The maximum absolute atomic E-state index is 12.6. The molecule has 8 heteroatoms. The molecular formula is C20H27N3O5. The highest BCUT2D eigenvalue weighted by molar-refractivity contribution is 5.76. The largest absolute Gasteiger partial charge is 0.493 e. The summed E-state index contributed by atoms with van der Waals surface area (Å²) in [5.41, 5.74) is 0.971. The van der Waals surface area contributed by atoms with Crippen LogP contribution in [0.2, 0.25) is 0 Å². The Balaban J connectivity index is 1.56. The molecule has 0 spiro atoms. The predicted octanol–water partition coefficient (Wildman–Crippen LogP) is 2.74. The van der Waals surface area contributed by atoms with E-state index < -0.39 is 0 Å². The summed E-state index contributed by atoms with van der Waals surface area (Å²) in [7, 11) is 4.74. The van der Waals surface area contributed by atoms with E-state index in [2.05, 4.69) is 10.1 Å². The Bertz CT molecular complexity index is 787. The van der Waals surface area contributed by atoms with Crippen LogP contribution in [0.15, 0.2) is 16.7 Å². The van der Waals surface area contributed by atoms with Crippen LogP contribution in [-0.2, 0) is 11.2 Å². The summed E-state index contributed by atoms with van der Waals surface area (Å²) in [5.74, 6) is 3.47. The molecule has 1 saturated heterocycles. The Morgan fingerprint density at radius 2 is 1.79 bits per heavy atom. The van der Waals surface area contributed by atoms with Gasteiger partial charge in [0, 0.05) is 25.4 Å². The molecule has 0 unspecified atom stereocenters. The number of aromatic nitrogens is 2. The zero-order chi connectivity index (χ0) is 20.1. The maximum Gasteiger partial charge on any atom is 0.229 e. The molecule has 1 aromatic carbocycles. The second-order valence-electron chi connectivity index (χ2n) is 6.87. The maximum atomic E-state index is 12.6. The van der Waals surface area contributed by atoms with Gasteiger partial charge in [-0.2, -0.15) is 4.98 Å². The number of hydrogen-bond acceptors (Lipinski definition) is 7. The normalized spacial score (nSPS) is 14.8. The van der Waals surface area contributed by atoms with E-state index in [9.17, 15) is 4.79 Å². The number of carbonyl (C=O) groups excluding carboxylic acids is 1. The summed E-state index contributed by atoms with van der Waals surface area (Å²) in [6.45, 7) is 3.23. The van der Waals surface area contributed by atoms with E-state index >= 15 is 0 Å². The van der Waals surface area contributed by atoms with Crippen LogP contribution < -0.4 is 14.2 Å². The molecule has 0 bridgehead atoms. The lowest BCUT2D eigenvalue weighted by Crippen LogP contribution is -2.38. The number of aryl methyl sites for hydroxylation is 2. The van der Waals surface area contributed by atoms with Crippen molar-refractivity contribution in [3.05, 3.63) is 29.4 Å². The molecule has 1 aromatic heterocycles. The lowest BCUT2D eigenvalue weighted by molar-refractivity contribution is -0.132. The smallest absolute Gasteiger partial charge is 0.229 e. The summed E-state index contributed by atoms with van der Waals surface area (Å²) in [6, 6.07) is 3.78. The average Bonchev–Trinajstić information content (AvgIpc) is 3.17. The Kier molecular flexibility index (Phi) is 6.38. The van der Waals surface area contributed by atoms with Crippen molar-refractivity contribution < 1.29 is 23.5 Å². The van der Waals surface area contributed by atoms with Crippen LogP contribution in [0.1, 0.15) is 42.5 Å². The molecule has 0 N–H and O–H groups in total. The third-order valence-corrected chi connectivity index (χ3v) is 5.09. The first-order valence-corrected chi connectivity index (χ1v) is 9.42. The summed E-state index contributed by atoms with van der Waals surface area (Å²) >= 11 is 0. The van der Waals surface area contributed by atoms with Crippen molar-refractivity contribution in [3.63, 3.8) is 0 Å². The van der Waals surface area contributed by atoms with Gasteiger partial charge in [-0.15, -0.1) is 0 Å². The second kappa shape index (κ2) is 8.95. The summed E-state index contributed by atoms with van der Waals surface area (Å²) < 4.78 is 21.4. The molecule has 28 heavy (non-hydrogen) atoms. The fraction of sp³-hybridized carbons (Fsp3) is 0.550. The van der Waals surface area contributed by atoms with Crippen molar-refractivity contribution in [2.45, 2.75) is 38.5 Å². The van der Waals surface area contributed by atoms with Crippen LogP contribution in [0, 0.1) is 6.92 Å². The highest BCUT2D eigenvalue weighted by Gasteiger charge is 2.27. The molecule has 1 fully saturated rings. The van der Waals surface area contributed by atoms with E-state index in [1.54, 1.807) is 21.3 Å². The third-order valence-electron chi connectivity index (χ3n) is 5.09. The van der Waals surface area contributed by atoms with Gasteiger partial charge in [0.2, 0.25) is 17.5 Å². The van der Waals surface area contributed by atoms with E-state index in [-0.39, 0.29) is 11.8 Å². The van der Waals surface area contributed by atoms with Gasteiger partial charge in [-0.05, 0) is 43.9 Å². The molecule has 1 aliphatic rings. The number of carbonyl (C=O) groups is 1. The minimum atomic E-state index is 0.147. The minimum Gasteiger partial charge on any atom is -0.493 e. The molecule has 8 nitrogen and oxygen atoms in total. The first-order chi connectivity index (χ1) is 13.5. The first-order valence-electron chi connectivity index (χ1n) is 9.42. The van der Waals surface area contributed by atoms with Crippen LogP contribution in [0.4, 0.5) is 0 Å². The minimum absolute atomic E-state index is 0.147. The molecule has 152 valence electrons. The zero-order valence-corrected chi connectivity index (χ0v) is 16.9. The molecule has 3 rings (SSSR count). The highest BCUT2D eigenvalue weighted by atomic mass is 16.5. The van der Waals surface area contributed by atoms with Crippen molar-refractivity contribution in [2.24, 2.45) is 0 Å². The van der Waals surface area contributed by atoms with Crippen molar-refractivity contribution >= 4 is 5.91 Å². The Morgan fingerprint density at radius 1 is 1.14 bits per heavy atom. The van der Waals surface area contributed by atoms with Crippen LogP contribution in [-0.4, -0.2) is 55.4 Å². The lowest BCUT2D eigenvalue weighted by atomic mass is 9.96. The fourth-order valence-electron chi connectivity index (χ4n) is 3.54. The number of hydrogen-bond donors (Lipinski definition) is 0. The lowest BCUT2D eigenvalue weighted by Gasteiger charge is -2.30. The average molecular weight is 389 g/mol. The number of ether oxygens (including phenoxy) is 3. The summed E-state index contributed by atoms with van der Waals surface area (Å²) in [4.78, 5) is 18.9. The molecule has 0 radical (unpaired) electrons. The quantitative estimate of drug-likeness (QED) is 0.719.